The van der Waals surface area contributed by atoms with Gasteiger partial charge in [-0.05, 0) is 19.8 Å². The summed E-state index contributed by atoms with van der Waals surface area (Å²) in [6.07, 6.45) is 9.59. The van der Waals surface area contributed by atoms with Crippen molar-refractivity contribution in [2.75, 3.05) is 31.2 Å². The van der Waals surface area contributed by atoms with E-state index in [4.69, 9.17) is 14.7 Å². The molecule has 0 radical (unpaired) electrons. The SMILES string of the molecule is C=CCn1cc(CN2C3CCC2c2cnc(N4CCOCC4)nc2C3)c(C)n1. The van der Waals surface area contributed by atoms with E-state index in [1.54, 1.807) is 0 Å². The van der Waals surface area contributed by atoms with Crippen LogP contribution in [-0.4, -0.2) is 57.0 Å². The molecule has 148 valence electrons. The summed E-state index contributed by atoms with van der Waals surface area (Å²) in [5, 5.41) is 4.62. The Kier molecular flexibility index (Phi) is 4.64. The highest BCUT2D eigenvalue weighted by atomic mass is 16.5. The van der Waals surface area contributed by atoms with Gasteiger partial charge in [0.2, 0.25) is 5.95 Å². The van der Waals surface area contributed by atoms with Gasteiger partial charge < -0.3 is 9.64 Å². The minimum atomic E-state index is 0.426. The first-order valence-corrected chi connectivity index (χ1v) is 10.3. The number of rotatable bonds is 5. The van der Waals surface area contributed by atoms with E-state index in [1.807, 2.05) is 10.8 Å². The topological polar surface area (TPSA) is 59.3 Å². The average Bonchev–Trinajstić information content (AvgIpc) is 3.20. The van der Waals surface area contributed by atoms with E-state index in [0.29, 0.717) is 12.1 Å². The van der Waals surface area contributed by atoms with Crippen LogP contribution in [0, 0.1) is 6.92 Å². The summed E-state index contributed by atoms with van der Waals surface area (Å²) in [7, 11) is 0. The van der Waals surface area contributed by atoms with E-state index in [0.717, 1.165) is 57.5 Å². The molecule has 2 aromatic rings. The lowest BCUT2D eigenvalue weighted by Crippen LogP contribution is -2.40. The van der Waals surface area contributed by atoms with E-state index in [2.05, 4.69) is 40.8 Å². The fourth-order valence-corrected chi connectivity index (χ4v) is 4.86. The number of nitrogens with zero attached hydrogens (tertiary/aromatic N) is 6. The Morgan fingerprint density at radius 1 is 1.29 bits per heavy atom. The zero-order chi connectivity index (χ0) is 19.1. The fourth-order valence-electron chi connectivity index (χ4n) is 4.86. The fraction of sp³-hybridized carbons (Fsp3) is 0.571. The lowest BCUT2D eigenvalue weighted by atomic mass is 9.98. The van der Waals surface area contributed by atoms with Crippen molar-refractivity contribution >= 4 is 5.95 Å². The molecule has 0 amide bonds. The molecule has 7 nitrogen and oxygen atoms in total. The molecule has 2 atom stereocenters. The van der Waals surface area contributed by atoms with Crippen molar-refractivity contribution in [2.45, 2.75) is 51.4 Å². The molecule has 2 bridgehead atoms. The van der Waals surface area contributed by atoms with E-state index in [-0.39, 0.29) is 0 Å². The van der Waals surface area contributed by atoms with Gasteiger partial charge in [-0.2, -0.15) is 5.10 Å². The van der Waals surface area contributed by atoms with Crippen LogP contribution in [0.25, 0.3) is 0 Å². The van der Waals surface area contributed by atoms with Crippen LogP contribution in [0.3, 0.4) is 0 Å². The highest BCUT2D eigenvalue weighted by molar-refractivity contribution is 5.37. The van der Waals surface area contributed by atoms with Crippen molar-refractivity contribution in [2.24, 2.45) is 0 Å². The second-order valence-electron chi connectivity index (χ2n) is 8.05. The molecule has 3 aliphatic heterocycles. The maximum Gasteiger partial charge on any atom is 0.225 e. The monoisotopic (exact) mass is 380 g/mol. The number of fused-ring (bicyclic) bond motifs is 4. The summed E-state index contributed by atoms with van der Waals surface area (Å²) in [4.78, 5) is 14.6. The smallest absolute Gasteiger partial charge is 0.225 e. The first kappa shape index (κ1) is 17.8. The van der Waals surface area contributed by atoms with Gasteiger partial charge >= 0.3 is 0 Å². The number of hydrogen-bond acceptors (Lipinski definition) is 6. The molecule has 2 fully saturated rings. The van der Waals surface area contributed by atoms with E-state index in [1.165, 1.54) is 29.7 Å². The molecule has 28 heavy (non-hydrogen) atoms. The van der Waals surface area contributed by atoms with Gasteiger partial charge in [-0.3, -0.25) is 9.58 Å². The van der Waals surface area contributed by atoms with Gasteiger partial charge in [0.1, 0.15) is 0 Å². The maximum absolute atomic E-state index is 5.46. The molecule has 2 saturated heterocycles. The summed E-state index contributed by atoms with van der Waals surface area (Å²) < 4.78 is 7.44. The predicted molar refractivity (Wildman–Crippen MR) is 107 cm³/mol. The third-order valence-corrected chi connectivity index (χ3v) is 6.33. The van der Waals surface area contributed by atoms with Crippen molar-refractivity contribution in [3.8, 4) is 0 Å². The molecule has 0 spiro atoms. The van der Waals surface area contributed by atoms with E-state index >= 15 is 0 Å². The van der Waals surface area contributed by atoms with Gasteiger partial charge in [0.25, 0.3) is 0 Å². The molecule has 5 heterocycles. The Morgan fingerprint density at radius 3 is 2.96 bits per heavy atom. The lowest BCUT2D eigenvalue weighted by molar-refractivity contribution is 0.122. The van der Waals surface area contributed by atoms with Gasteiger partial charge in [-0.25, -0.2) is 9.97 Å². The quantitative estimate of drug-likeness (QED) is 0.742. The average molecular weight is 380 g/mol. The second kappa shape index (κ2) is 7.29. The normalized spacial score (nSPS) is 24.4. The molecular formula is C21H28N6O. The maximum atomic E-state index is 5.46. The number of aromatic nitrogens is 4. The molecule has 7 heteroatoms. The first-order valence-electron chi connectivity index (χ1n) is 10.3. The third kappa shape index (κ3) is 3.12. The summed E-state index contributed by atoms with van der Waals surface area (Å²) in [5.41, 5.74) is 5.00. The van der Waals surface area contributed by atoms with Crippen molar-refractivity contribution in [1.29, 1.82) is 0 Å². The summed E-state index contributed by atoms with van der Waals surface area (Å²) in [5.74, 6) is 0.872. The summed E-state index contributed by atoms with van der Waals surface area (Å²) >= 11 is 0. The largest absolute Gasteiger partial charge is 0.378 e. The highest BCUT2D eigenvalue weighted by Crippen LogP contribution is 2.44. The standard InChI is InChI=1S/C21H28N6O/c1-3-6-26-13-16(15(2)24-26)14-27-17-4-5-20(27)18-12-22-21(23-19(18)11-17)25-7-9-28-10-8-25/h3,12-13,17,20H,1,4-11,14H2,2H3. The van der Waals surface area contributed by atoms with E-state index < -0.39 is 0 Å². The van der Waals surface area contributed by atoms with Gasteiger partial charge in [-0.15, -0.1) is 6.58 Å². The minimum Gasteiger partial charge on any atom is -0.378 e. The zero-order valence-electron chi connectivity index (χ0n) is 16.5. The van der Waals surface area contributed by atoms with Crippen LogP contribution in [0.4, 0.5) is 5.95 Å². The van der Waals surface area contributed by atoms with Crippen LogP contribution in [0.15, 0.2) is 25.0 Å². The molecule has 3 aliphatic rings. The Balaban J connectivity index is 1.37. The number of hydrogen-bond donors (Lipinski definition) is 0. The van der Waals surface area contributed by atoms with Crippen LogP contribution < -0.4 is 4.90 Å². The van der Waals surface area contributed by atoms with Crippen LogP contribution in [0.1, 0.15) is 41.4 Å². The number of allylic oxidation sites excluding steroid dienone is 1. The Hall–Kier alpha value is -2.25. The van der Waals surface area contributed by atoms with Gasteiger partial charge in [0, 0.05) is 61.7 Å². The predicted octanol–water partition coefficient (Wildman–Crippen LogP) is 2.27. The molecule has 0 N–H and O–H groups in total. The van der Waals surface area contributed by atoms with Crippen molar-refractivity contribution in [1.82, 2.24) is 24.6 Å². The van der Waals surface area contributed by atoms with Crippen molar-refractivity contribution in [3.05, 3.63) is 47.6 Å². The molecule has 5 rings (SSSR count). The third-order valence-electron chi connectivity index (χ3n) is 6.33. The Morgan fingerprint density at radius 2 is 2.14 bits per heavy atom. The minimum absolute atomic E-state index is 0.426. The van der Waals surface area contributed by atoms with Crippen molar-refractivity contribution in [3.63, 3.8) is 0 Å². The number of morpholine rings is 1. The molecule has 2 unspecified atom stereocenters. The molecular weight excluding hydrogens is 352 g/mol. The van der Waals surface area contributed by atoms with Crippen molar-refractivity contribution < 1.29 is 4.74 Å². The number of ether oxygens (including phenoxy) is 1. The van der Waals surface area contributed by atoms with Crippen LogP contribution >= 0.6 is 0 Å². The lowest BCUT2D eigenvalue weighted by Gasteiger charge is -2.36. The van der Waals surface area contributed by atoms with Gasteiger partial charge in [0.05, 0.1) is 31.1 Å². The van der Waals surface area contributed by atoms with Gasteiger partial charge in [-0.1, -0.05) is 6.08 Å². The number of anilines is 1. The van der Waals surface area contributed by atoms with E-state index in [9.17, 15) is 0 Å². The summed E-state index contributed by atoms with van der Waals surface area (Å²) in [6, 6.07) is 0.988. The number of aryl methyl sites for hydroxylation is 1. The Labute approximate surface area is 166 Å². The van der Waals surface area contributed by atoms with Crippen LogP contribution in [0.2, 0.25) is 0 Å². The molecule has 0 aromatic carbocycles. The zero-order valence-corrected chi connectivity index (χ0v) is 16.5. The molecule has 0 saturated carbocycles. The molecule has 2 aromatic heterocycles. The van der Waals surface area contributed by atoms with Crippen LogP contribution in [-0.2, 0) is 24.2 Å². The Bertz CT molecular complexity index is 872. The van der Waals surface area contributed by atoms with Gasteiger partial charge in [0.15, 0.2) is 0 Å². The summed E-state index contributed by atoms with van der Waals surface area (Å²) in [6.45, 7) is 10.9. The molecule has 0 aliphatic carbocycles. The van der Waals surface area contributed by atoms with Crippen LogP contribution in [0.5, 0.6) is 0 Å². The second-order valence-corrected chi connectivity index (χ2v) is 8.05. The highest BCUT2D eigenvalue weighted by Gasteiger charge is 2.41. The first-order chi connectivity index (χ1) is 13.7.